The molecule has 7 nitrogen and oxygen atoms in total. The van der Waals surface area contributed by atoms with Gasteiger partial charge in [-0.2, -0.15) is 0 Å². The van der Waals surface area contributed by atoms with Crippen molar-refractivity contribution in [1.29, 1.82) is 0 Å². The van der Waals surface area contributed by atoms with Gasteiger partial charge in [0.25, 0.3) is 0 Å². The van der Waals surface area contributed by atoms with Gasteiger partial charge in [0.15, 0.2) is 0 Å². The zero-order valence-corrected chi connectivity index (χ0v) is 13.9. The Morgan fingerprint density at radius 3 is 2.67 bits per heavy atom. The Hall–Kier alpha value is -2.57. The largest absolute Gasteiger partial charge is 0.445 e. The van der Waals surface area contributed by atoms with E-state index in [4.69, 9.17) is 4.74 Å². The summed E-state index contributed by atoms with van der Waals surface area (Å²) >= 11 is 0. The van der Waals surface area contributed by atoms with E-state index >= 15 is 0 Å². The fraction of sp³-hybridized carbons (Fsp3) is 0.471. The van der Waals surface area contributed by atoms with Gasteiger partial charge in [-0.1, -0.05) is 44.2 Å². The first kappa shape index (κ1) is 17.8. The molecule has 0 spiro atoms. The number of esters is 1. The zero-order valence-electron chi connectivity index (χ0n) is 13.9. The molecule has 0 bridgehead atoms. The molecule has 1 aliphatic heterocycles. The van der Waals surface area contributed by atoms with Crippen LogP contribution in [0, 0.1) is 5.92 Å². The lowest BCUT2D eigenvalue weighted by molar-refractivity contribution is -0.136. The maximum atomic E-state index is 11.7. The van der Waals surface area contributed by atoms with Crippen molar-refractivity contribution in [1.82, 2.24) is 10.2 Å². The first-order valence-corrected chi connectivity index (χ1v) is 7.94. The molecular weight excluding hydrogens is 312 g/mol. The second-order valence-corrected chi connectivity index (χ2v) is 6.01. The summed E-state index contributed by atoms with van der Waals surface area (Å²) in [5, 5.41) is 2.57. The molecule has 2 rings (SSSR count). The fourth-order valence-corrected chi connectivity index (χ4v) is 2.44. The molecule has 0 unspecified atom stereocenters. The van der Waals surface area contributed by atoms with Crippen LogP contribution in [-0.4, -0.2) is 42.2 Å². The van der Waals surface area contributed by atoms with E-state index in [2.05, 4.69) is 10.1 Å². The number of hydrogen-bond acceptors (Lipinski definition) is 5. The number of alkyl carbamates (subject to hydrolysis) is 1. The smallest absolute Gasteiger partial charge is 0.418 e. The van der Waals surface area contributed by atoms with Gasteiger partial charge in [0.1, 0.15) is 12.6 Å². The highest BCUT2D eigenvalue weighted by atomic mass is 16.6. The maximum Gasteiger partial charge on any atom is 0.418 e. The van der Waals surface area contributed by atoms with Gasteiger partial charge in [0.2, 0.25) is 0 Å². The molecule has 0 aliphatic carbocycles. The molecule has 1 aromatic carbocycles. The number of carbonyl (C=O) groups is 3. The number of ether oxygens (including phenoxy) is 2. The van der Waals surface area contributed by atoms with E-state index in [0.29, 0.717) is 6.42 Å². The van der Waals surface area contributed by atoms with Gasteiger partial charge in [-0.15, -0.1) is 0 Å². The fourth-order valence-electron chi connectivity index (χ4n) is 2.44. The van der Waals surface area contributed by atoms with Crippen LogP contribution in [0.5, 0.6) is 0 Å². The SMILES string of the molecule is CC(C)C[C@H]1C(=O)OC(=O)N1CCNC(=O)OCc1ccccc1. The molecule has 24 heavy (non-hydrogen) atoms. The molecule has 7 heteroatoms. The van der Waals surface area contributed by atoms with Crippen molar-refractivity contribution in [2.45, 2.75) is 32.9 Å². The number of cyclic esters (lactones) is 2. The van der Waals surface area contributed by atoms with Crippen molar-refractivity contribution in [2.24, 2.45) is 5.92 Å². The lowest BCUT2D eigenvalue weighted by Gasteiger charge is -2.21. The van der Waals surface area contributed by atoms with Gasteiger partial charge in [-0.05, 0) is 17.9 Å². The highest BCUT2D eigenvalue weighted by molar-refractivity contribution is 5.95. The van der Waals surface area contributed by atoms with Crippen LogP contribution in [-0.2, 0) is 20.9 Å². The number of benzene rings is 1. The summed E-state index contributed by atoms with van der Waals surface area (Å²) in [6.45, 7) is 4.49. The average molecular weight is 334 g/mol. The van der Waals surface area contributed by atoms with Gasteiger partial charge >= 0.3 is 18.2 Å². The maximum absolute atomic E-state index is 11.7. The van der Waals surface area contributed by atoms with E-state index in [0.717, 1.165) is 5.56 Å². The second-order valence-electron chi connectivity index (χ2n) is 6.01. The molecule has 1 fully saturated rings. The number of nitrogens with one attached hydrogen (secondary N) is 1. The molecule has 1 saturated heterocycles. The summed E-state index contributed by atoms with van der Waals surface area (Å²) in [6.07, 6.45) is -0.702. The summed E-state index contributed by atoms with van der Waals surface area (Å²) in [7, 11) is 0. The van der Waals surface area contributed by atoms with Crippen LogP contribution in [0.1, 0.15) is 25.8 Å². The normalized spacial score (nSPS) is 17.1. The molecule has 130 valence electrons. The van der Waals surface area contributed by atoms with Crippen LogP contribution in [0.2, 0.25) is 0 Å². The Morgan fingerprint density at radius 1 is 1.29 bits per heavy atom. The van der Waals surface area contributed by atoms with Crippen molar-refractivity contribution < 1.29 is 23.9 Å². The van der Waals surface area contributed by atoms with Crippen molar-refractivity contribution in [2.75, 3.05) is 13.1 Å². The Kier molecular flexibility index (Phi) is 6.17. The Labute approximate surface area is 140 Å². The Balaban J connectivity index is 1.74. The predicted octanol–water partition coefficient (Wildman–Crippen LogP) is 2.31. The topological polar surface area (TPSA) is 84.9 Å². The first-order chi connectivity index (χ1) is 11.5. The molecule has 1 aromatic rings. The van der Waals surface area contributed by atoms with Crippen LogP contribution in [0.25, 0.3) is 0 Å². The number of amides is 2. The van der Waals surface area contributed by atoms with Gasteiger partial charge in [0, 0.05) is 13.1 Å². The van der Waals surface area contributed by atoms with Gasteiger partial charge in [-0.3, -0.25) is 4.90 Å². The standard InChI is InChI=1S/C17H22N2O5/c1-12(2)10-14-15(20)24-17(22)19(14)9-8-18-16(21)23-11-13-6-4-3-5-7-13/h3-7,12,14H,8-11H2,1-2H3,(H,18,21)/t14-/m0/s1. The minimum absolute atomic E-state index is 0.174. The van der Waals surface area contributed by atoms with E-state index in [1.807, 2.05) is 44.2 Å². The van der Waals surface area contributed by atoms with Crippen LogP contribution in [0.15, 0.2) is 30.3 Å². The molecule has 1 atom stereocenters. The van der Waals surface area contributed by atoms with Crippen LogP contribution in [0.4, 0.5) is 9.59 Å². The summed E-state index contributed by atoms with van der Waals surface area (Å²) < 4.78 is 9.73. The Bertz CT molecular complexity index is 588. The van der Waals surface area contributed by atoms with E-state index in [1.165, 1.54) is 4.90 Å². The van der Waals surface area contributed by atoms with Crippen LogP contribution >= 0.6 is 0 Å². The van der Waals surface area contributed by atoms with Crippen molar-refractivity contribution in [3.05, 3.63) is 35.9 Å². The van der Waals surface area contributed by atoms with Crippen molar-refractivity contribution in [3.8, 4) is 0 Å². The predicted molar refractivity (Wildman–Crippen MR) is 86.1 cm³/mol. The zero-order chi connectivity index (χ0) is 17.5. The molecule has 1 heterocycles. The monoisotopic (exact) mass is 334 g/mol. The molecule has 0 radical (unpaired) electrons. The summed E-state index contributed by atoms with van der Waals surface area (Å²) in [5.74, 6) is -0.278. The van der Waals surface area contributed by atoms with Crippen LogP contribution < -0.4 is 5.32 Å². The van der Waals surface area contributed by atoms with Crippen molar-refractivity contribution in [3.63, 3.8) is 0 Å². The highest BCUT2D eigenvalue weighted by Gasteiger charge is 2.40. The molecule has 1 N–H and O–H groups in total. The first-order valence-electron chi connectivity index (χ1n) is 7.94. The quantitative estimate of drug-likeness (QED) is 0.611. The second kappa shape index (κ2) is 8.33. The molecule has 0 saturated carbocycles. The molecule has 2 amide bonds. The van der Waals surface area contributed by atoms with E-state index in [1.54, 1.807) is 0 Å². The lowest BCUT2D eigenvalue weighted by atomic mass is 10.0. The minimum Gasteiger partial charge on any atom is -0.445 e. The Morgan fingerprint density at radius 2 is 2.00 bits per heavy atom. The van der Waals surface area contributed by atoms with Crippen molar-refractivity contribution >= 4 is 18.2 Å². The van der Waals surface area contributed by atoms with E-state index in [-0.39, 0.29) is 25.6 Å². The number of hydrogen-bond donors (Lipinski definition) is 1. The number of rotatable bonds is 7. The third-order valence-corrected chi connectivity index (χ3v) is 3.60. The average Bonchev–Trinajstić information content (AvgIpc) is 2.80. The van der Waals surface area contributed by atoms with Gasteiger partial charge in [0.05, 0.1) is 0 Å². The third kappa shape index (κ3) is 4.97. The van der Waals surface area contributed by atoms with E-state index < -0.39 is 24.2 Å². The molecule has 0 aromatic heterocycles. The lowest BCUT2D eigenvalue weighted by Crippen LogP contribution is -2.41. The molecular formula is C17H22N2O5. The minimum atomic E-state index is -0.662. The summed E-state index contributed by atoms with van der Waals surface area (Å²) in [4.78, 5) is 36.4. The van der Waals surface area contributed by atoms with Crippen LogP contribution in [0.3, 0.4) is 0 Å². The van der Waals surface area contributed by atoms with Gasteiger partial charge < -0.3 is 14.8 Å². The highest BCUT2D eigenvalue weighted by Crippen LogP contribution is 2.20. The third-order valence-electron chi connectivity index (χ3n) is 3.60. The number of nitrogens with zero attached hydrogens (tertiary/aromatic N) is 1. The molecule has 1 aliphatic rings. The summed E-state index contributed by atoms with van der Waals surface area (Å²) in [5.41, 5.74) is 0.887. The summed E-state index contributed by atoms with van der Waals surface area (Å²) in [6, 6.07) is 8.74. The number of carbonyl (C=O) groups excluding carboxylic acids is 3. The van der Waals surface area contributed by atoms with Gasteiger partial charge in [-0.25, -0.2) is 14.4 Å². The van der Waals surface area contributed by atoms with E-state index in [9.17, 15) is 14.4 Å².